The molecule has 1 rings (SSSR count). The quantitative estimate of drug-likeness (QED) is 0.435. The van der Waals surface area contributed by atoms with Gasteiger partial charge in [0.05, 0.1) is 0 Å². The number of nitrogens with one attached hydrogen (secondary N) is 1. The second-order valence-corrected chi connectivity index (χ2v) is 7.67. The van der Waals surface area contributed by atoms with E-state index >= 15 is 0 Å². The first-order chi connectivity index (χ1) is 12.8. The van der Waals surface area contributed by atoms with Crippen molar-refractivity contribution < 1.29 is 49.5 Å². The average Bonchev–Trinajstić information content (AvgIpc) is 2.61. The summed E-state index contributed by atoms with van der Waals surface area (Å²) in [5.74, 6) is -1.78. The number of amides is 1. The molecule has 1 N–H and O–H groups in total. The molecule has 1 aromatic rings. The van der Waals surface area contributed by atoms with Gasteiger partial charge in [-0.15, -0.1) is 0 Å². The summed E-state index contributed by atoms with van der Waals surface area (Å²) in [6.07, 6.45) is -11.5. The molecule has 0 fully saturated rings. The highest BCUT2D eigenvalue weighted by molar-refractivity contribution is 7.54. The molecule has 6 nitrogen and oxygen atoms in total. The normalized spacial score (nSPS) is 13.8. The van der Waals surface area contributed by atoms with E-state index in [2.05, 4.69) is 9.05 Å². The Kier molecular flexibility index (Phi) is 8.77. The van der Waals surface area contributed by atoms with Crippen LogP contribution in [0.1, 0.15) is 18.9 Å². The van der Waals surface area contributed by atoms with Gasteiger partial charge in [0.2, 0.25) is 0 Å². The van der Waals surface area contributed by atoms with Crippen LogP contribution in [0.4, 0.5) is 31.1 Å². The molecule has 0 spiro atoms. The Morgan fingerprint density at radius 1 is 1.04 bits per heavy atom. The molecule has 28 heavy (non-hydrogen) atoms. The maximum absolute atomic E-state index is 12.5. The molecule has 0 saturated carbocycles. The molecule has 0 saturated heterocycles. The number of ether oxygens (including phenoxy) is 1. The van der Waals surface area contributed by atoms with Gasteiger partial charge in [-0.05, 0) is 12.0 Å². The predicted molar refractivity (Wildman–Crippen MR) is 85.5 cm³/mol. The SMILES string of the molecule is CCC(NC(=O)OCc1ccccc1)P(=O)(OCC(F)(F)F)OCC(F)(F)F. The van der Waals surface area contributed by atoms with E-state index in [4.69, 9.17) is 4.74 Å². The van der Waals surface area contributed by atoms with Crippen LogP contribution in [0.25, 0.3) is 0 Å². The fraction of sp³-hybridized carbons (Fsp3) is 0.533. The topological polar surface area (TPSA) is 73.9 Å². The molecular weight excluding hydrogens is 419 g/mol. The Bertz CT molecular complexity index is 645. The molecule has 1 atom stereocenters. The minimum Gasteiger partial charge on any atom is -0.445 e. The van der Waals surface area contributed by atoms with Crippen LogP contribution in [0.15, 0.2) is 30.3 Å². The van der Waals surface area contributed by atoms with E-state index in [9.17, 15) is 35.7 Å². The van der Waals surface area contributed by atoms with Gasteiger partial charge in [-0.2, -0.15) is 26.3 Å². The van der Waals surface area contributed by atoms with Crippen LogP contribution in [-0.4, -0.2) is 37.4 Å². The lowest BCUT2D eigenvalue weighted by atomic mass is 10.2. The van der Waals surface area contributed by atoms with Crippen molar-refractivity contribution in [2.24, 2.45) is 0 Å². The van der Waals surface area contributed by atoms with Crippen molar-refractivity contribution in [3.8, 4) is 0 Å². The van der Waals surface area contributed by atoms with Crippen molar-refractivity contribution in [2.45, 2.75) is 38.1 Å². The van der Waals surface area contributed by atoms with Gasteiger partial charge in [-0.25, -0.2) is 4.79 Å². The van der Waals surface area contributed by atoms with Crippen LogP contribution in [0.3, 0.4) is 0 Å². The summed E-state index contributed by atoms with van der Waals surface area (Å²) in [4.78, 5) is 11.8. The molecule has 1 aromatic carbocycles. The van der Waals surface area contributed by atoms with Crippen LogP contribution in [-0.2, 0) is 25.0 Å². The third kappa shape index (κ3) is 9.43. The largest absolute Gasteiger partial charge is 0.445 e. The van der Waals surface area contributed by atoms with Crippen LogP contribution in [0, 0.1) is 0 Å². The molecule has 0 aliphatic rings. The summed E-state index contributed by atoms with van der Waals surface area (Å²) in [5.41, 5.74) is 0.579. The highest BCUT2D eigenvalue weighted by Gasteiger charge is 2.43. The molecule has 0 heterocycles. The van der Waals surface area contributed by atoms with E-state index in [-0.39, 0.29) is 13.0 Å². The number of alkyl carbamates (subject to hydrolysis) is 1. The van der Waals surface area contributed by atoms with Gasteiger partial charge < -0.3 is 10.1 Å². The Morgan fingerprint density at radius 3 is 1.96 bits per heavy atom. The number of carbonyl (C=O) groups is 1. The second kappa shape index (κ2) is 10.1. The number of halogens is 6. The smallest absolute Gasteiger partial charge is 0.412 e. The van der Waals surface area contributed by atoms with Crippen LogP contribution >= 0.6 is 7.60 Å². The summed E-state index contributed by atoms with van der Waals surface area (Å²) in [5, 5.41) is 1.94. The van der Waals surface area contributed by atoms with Gasteiger partial charge >= 0.3 is 26.0 Å². The van der Waals surface area contributed by atoms with Crippen molar-refractivity contribution in [1.29, 1.82) is 0 Å². The zero-order valence-electron chi connectivity index (χ0n) is 14.5. The maximum atomic E-state index is 12.5. The van der Waals surface area contributed by atoms with Gasteiger partial charge in [-0.3, -0.25) is 13.6 Å². The minimum atomic E-state index is -5.02. The summed E-state index contributed by atoms with van der Waals surface area (Å²) >= 11 is 0. The Balaban J connectivity index is 2.81. The first-order valence-corrected chi connectivity index (χ1v) is 9.45. The van der Waals surface area contributed by atoms with Crippen molar-refractivity contribution in [3.05, 3.63) is 35.9 Å². The van der Waals surface area contributed by atoms with Crippen molar-refractivity contribution >= 4 is 13.7 Å². The van der Waals surface area contributed by atoms with Crippen molar-refractivity contribution in [1.82, 2.24) is 5.32 Å². The molecular formula is C15H18F6NO5P. The van der Waals surface area contributed by atoms with E-state index in [1.54, 1.807) is 30.3 Å². The molecule has 0 bridgehead atoms. The third-order valence-electron chi connectivity index (χ3n) is 3.08. The first kappa shape index (κ1) is 24.3. The summed E-state index contributed by atoms with van der Waals surface area (Å²) in [7, 11) is -5.02. The standard InChI is InChI=1S/C15H18F6NO5P/c1-2-12(22-13(23)25-8-11-6-4-3-5-7-11)28(24,26-9-14(16,17)18)27-10-15(19,20)21/h3-7,12H,2,8-10H2,1H3,(H,22,23). The highest BCUT2D eigenvalue weighted by atomic mass is 31.2. The summed E-state index contributed by atoms with van der Waals surface area (Å²) in [6.45, 7) is -3.18. The van der Waals surface area contributed by atoms with Gasteiger partial charge in [0.25, 0.3) is 0 Å². The lowest BCUT2D eigenvalue weighted by Crippen LogP contribution is -2.37. The molecule has 0 aliphatic heterocycles. The summed E-state index contributed by atoms with van der Waals surface area (Å²) in [6, 6.07) is 8.27. The van der Waals surface area contributed by atoms with Crippen molar-refractivity contribution in [2.75, 3.05) is 13.2 Å². The molecule has 13 heteroatoms. The van der Waals surface area contributed by atoms with E-state index in [0.29, 0.717) is 5.56 Å². The van der Waals surface area contributed by atoms with Crippen LogP contribution < -0.4 is 5.32 Å². The molecule has 160 valence electrons. The highest BCUT2D eigenvalue weighted by Crippen LogP contribution is 2.54. The number of hydrogen-bond acceptors (Lipinski definition) is 5. The number of carbonyl (C=O) groups excluding carboxylic acids is 1. The Hall–Kier alpha value is -1.78. The van der Waals surface area contributed by atoms with Gasteiger partial charge in [-0.1, -0.05) is 37.3 Å². The second-order valence-electron chi connectivity index (χ2n) is 5.45. The number of benzene rings is 1. The fourth-order valence-corrected chi connectivity index (χ4v) is 3.65. The Morgan fingerprint density at radius 2 is 1.54 bits per heavy atom. The molecule has 1 unspecified atom stereocenters. The Labute approximate surface area is 156 Å². The average molecular weight is 437 g/mol. The van der Waals surface area contributed by atoms with Crippen LogP contribution in [0.5, 0.6) is 0 Å². The minimum absolute atomic E-state index is 0.222. The predicted octanol–water partition coefficient (Wildman–Crippen LogP) is 5.00. The lowest BCUT2D eigenvalue weighted by Gasteiger charge is -2.27. The van der Waals surface area contributed by atoms with E-state index in [1.807, 2.05) is 5.32 Å². The number of hydrogen-bond donors (Lipinski definition) is 1. The van der Waals surface area contributed by atoms with Gasteiger partial charge in [0, 0.05) is 0 Å². The fourth-order valence-electron chi connectivity index (χ4n) is 1.85. The maximum Gasteiger partial charge on any atom is 0.412 e. The van der Waals surface area contributed by atoms with Crippen LogP contribution in [0.2, 0.25) is 0 Å². The monoisotopic (exact) mass is 437 g/mol. The number of alkyl halides is 6. The molecule has 0 aliphatic carbocycles. The molecule has 1 amide bonds. The van der Waals surface area contributed by atoms with Crippen molar-refractivity contribution in [3.63, 3.8) is 0 Å². The lowest BCUT2D eigenvalue weighted by molar-refractivity contribution is -0.165. The van der Waals surface area contributed by atoms with Gasteiger partial charge in [0.15, 0.2) is 13.2 Å². The molecule has 0 radical (unpaired) electrons. The zero-order valence-corrected chi connectivity index (χ0v) is 15.4. The van der Waals surface area contributed by atoms with E-state index in [0.717, 1.165) is 0 Å². The summed E-state index contributed by atoms with van der Waals surface area (Å²) < 4.78 is 99.8. The molecule has 0 aromatic heterocycles. The third-order valence-corrected chi connectivity index (χ3v) is 5.32. The van der Waals surface area contributed by atoms with E-state index in [1.165, 1.54) is 6.92 Å². The zero-order chi connectivity index (χ0) is 21.4. The first-order valence-electron chi connectivity index (χ1n) is 7.84. The van der Waals surface area contributed by atoms with E-state index < -0.39 is 45.0 Å². The number of rotatable bonds is 9. The van der Waals surface area contributed by atoms with Gasteiger partial charge in [0.1, 0.15) is 12.4 Å².